The molecule has 0 unspecified atom stereocenters. The minimum atomic E-state index is -0.116. The molecule has 0 radical (unpaired) electrons. The van der Waals surface area contributed by atoms with Crippen LogP contribution in [-0.2, 0) is 6.61 Å². The predicted octanol–water partition coefficient (Wildman–Crippen LogP) is 5.06. The van der Waals surface area contributed by atoms with E-state index in [0.29, 0.717) is 17.9 Å². The molecule has 0 saturated carbocycles. The number of nitrogens with one attached hydrogen (secondary N) is 1. The number of rotatable bonds is 7. The molecular formula is C23H26N2O3. The highest BCUT2D eigenvalue weighted by Crippen LogP contribution is 2.21. The van der Waals surface area contributed by atoms with Gasteiger partial charge in [0.1, 0.15) is 18.1 Å². The third-order valence-corrected chi connectivity index (χ3v) is 4.85. The second-order valence-corrected chi connectivity index (χ2v) is 6.96. The number of aryl methyl sites for hydroxylation is 3. The maximum atomic E-state index is 12.8. The van der Waals surface area contributed by atoms with Gasteiger partial charge in [0.2, 0.25) is 0 Å². The van der Waals surface area contributed by atoms with Gasteiger partial charge in [0, 0.05) is 5.56 Å². The van der Waals surface area contributed by atoms with Crippen LogP contribution in [0.2, 0.25) is 0 Å². The van der Waals surface area contributed by atoms with E-state index in [1.807, 2.05) is 26.0 Å². The van der Waals surface area contributed by atoms with Crippen LogP contribution in [-0.4, -0.2) is 11.1 Å². The van der Waals surface area contributed by atoms with Gasteiger partial charge in [0.25, 0.3) is 5.91 Å². The fraction of sp³-hybridized carbons (Fsp3) is 0.304. The van der Waals surface area contributed by atoms with Gasteiger partial charge in [0.05, 0.1) is 17.3 Å². The van der Waals surface area contributed by atoms with Crippen LogP contribution < -0.4 is 10.1 Å². The maximum absolute atomic E-state index is 12.8. The van der Waals surface area contributed by atoms with Crippen LogP contribution in [0.3, 0.4) is 0 Å². The number of hydrogen-bond acceptors (Lipinski definition) is 4. The number of carbonyl (C=O) groups is 1. The van der Waals surface area contributed by atoms with Gasteiger partial charge in [-0.05, 0) is 51.0 Å². The summed E-state index contributed by atoms with van der Waals surface area (Å²) in [7, 11) is 0. The highest BCUT2D eigenvalue weighted by molar-refractivity contribution is 5.94. The molecule has 146 valence electrons. The zero-order valence-corrected chi connectivity index (χ0v) is 16.8. The lowest BCUT2D eigenvalue weighted by atomic mass is 10.0. The minimum Gasteiger partial charge on any atom is -0.489 e. The first-order valence-corrected chi connectivity index (χ1v) is 9.50. The second-order valence-electron chi connectivity index (χ2n) is 6.96. The Hall–Kier alpha value is -3.08. The van der Waals surface area contributed by atoms with E-state index in [0.717, 1.165) is 29.0 Å². The fourth-order valence-electron chi connectivity index (χ4n) is 3.05. The van der Waals surface area contributed by atoms with Crippen molar-refractivity contribution in [1.82, 2.24) is 10.5 Å². The third-order valence-electron chi connectivity index (χ3n) is 4.85. The Morgan fingerprint density at radius 2 is 1.89 bits per heavy atom. The average molecular weight is 378 g/mol. The lowest BCUT2D eigenvalue weighted by Crippen LogP contribution is -2.28. The van der Waals surface area contributed by atoms with E-state index in [4.69, 9.17) is 9.26 Å². The molecule has 0 bridgehead atoms. The van der Waals surface area contributed by atoms with Crippen LogP contribution in [0, 0.1) is 20.8 Å². The lowest BCUT2D eigenvalue weighted by Gasteiger charge is -2.18. The molecule has 5 nitrogen and oxygen atoms in total. The van der Waals surface area contributed by atoms with E-state index in [-0.39, 0.29) is 11.9 Å². The summed E-state index contributed by atoms with van der Waals surface area (Å²) in [6, 6.07) is 15.4. The van der Waals surface area contributed by atoms with Crippen LogP contribution in [0.25, 0.3) is 0 Å². The summed E-state index contributed by atoms with van der Waals surface area (Å²) in [5, 5.41) is 7.05. The predicted molar refractivity (Wildman–Crippen MR) is 108 cm³/mol. The quantitative estimate of drug-likeness (QED) is 0.624. The summed E-state index contributed by atoms with van der Waals surface area (Å²) < 4.78 is 11.0. The van der Waals surface area contributed by atoms with E-state index in [1.165, 1.54) is 5.56 Å². The number of aromatic nitrogens is 1. The molecule has 1 aromatic heterocycles. The number of amides is 1. The molecule has 0 aliphatic heterocycles. The number of benzene rings is 2. The summed E-state index contributed by atoms with van der Waals surface area (Å²) >= 11 is 0. The van der Waals surface area contributed by atoms with Crippen LogP contribution in [0.1, 0.15) is 57.9 Å². The molecule has 3 aromatic rings. The van der Waals surface area contributed by atoms with E-state index in [2.05, 4.69) is 48.6 Å². The molecular weight excluding hydrogens is 352 g/mol. The van der Waals surface area contributed by atoms with Gasteiger partial charge in [-0.15, -0.1) is 0 Å². The van der Waals surface area contributed by atoms with E-state index in [9.17, 15) is 4.79 Å². The standard InChI is InChI=1S/C23H26N2O3/c1-5-22(18-11-9-15(2)10-12-18)24-23(26)19-7-6-8-20(13-19)27-14-21-16(3)25-28-17(21)4/h6-13,22H,5,14H2,1-4H3,(H,24,26)/t22-/m1/s1. The fourth-order valence-corrected chi connectivity index (χ4v) is 3.05. The lowest BCUT2D eigenvalue weighted by molar-refractivity contribution is 0.0935. The van der Waals surface area contributed by atoms with Crippen LogP contribution in [0.15, 0.2) is 53.1 Å². The molecule has 0 aliphatic rings. The zero-order valence-electron chi connectivity index (χ0n) is 16.8. The first-order chi connectivity index (χ1) is 13.5. The molecule has 3 rings (SSSR count). The molecule has 1 N–H and O–H groups in total. The first-order valence-electron chi connectivity index (χ1n) is 9.50. The number of nitrogens with zero attached hydrogens (tertiary/aromatic N) is 1. The highest BCUT2D eigenvalue weighted by Gasteiger charge is 2.15. The Labute approximate surface area is 165 Å². The summed E-state index contributed by atoms with van der Waals surface area (Å²) in [4.78, 5) is 12.8. The summed E-state index contributed by atoms with van der Waals surface area (Å²) in [6.07, 6.45) is 0.817. The van der Waals surface area contributed by atoms with E-state index >= 15 is 0 Å². The van der Waals surface area contributed by atoms with Crippen molar-refractivity contribution < 1.29 is 14.1 Å². The molecule has 2 aromatic carbocycles. The van der Waals surface area contributed by atoms with Crippen molar-refractivity contribution in [2.24, 2.45) is 0 Å². The van der Waals surface area contributed by atoms with Crippen LogP contribution in [0.5, 0.6) is 5.75 Å². The largest absolute Gasteiger partial charge is 0.489 e. The van der Waals surface area contributed by atoms with Gasteiger partial charge in [0.15, 0.2) is 0 Å². The van der Waals surface area contributed by atoms with Gasteiger partial charge in [-0.1, -0.05) is 48.0 Å². The van der Waals surface area contributed by atoms with Crippen molar-refractivity contribution in [2.75, 3.05) is 0 Å². The Morgan fingerprint density at radius 3 is 2.54 bits per heavy atom. The molecule has 0 spiro atoms. The molecule has 5 heteroatoms. The topological polar surface area (TPSA) is 64.4 Å². The average Bonchev–Trinajstić information content (AvgIpc) is 3.03. The maximum Gasteiger partial charge on any atom is 0.251 e. The summed E-state index contributed by atoms with van der Waals surface area (Å²) in [5.41, 5.74) is 4.62. The van der Waals surface area contributed by atoms with Gasteiger partial charge in [-0.2, -0.15) is 0 Å². The zero-order chi connectivity index (χ0) is 20.1. The molecule has 1 amide bonds. The Morgan fingerprint density at radius 1 is 1.14 bits per heavy atom. The summed E-state index contributed by atoms with van der Waals surface area (Å²) in [6.45, 7) is 8.21. The number of hydrogen-bond donors (Lipinski definition) is 1. The molecule has 0 fully saturated rings. The van der Waals surface area contributed by atoms with Crippen molar-refractivity contribution in [3.05, 3.63) is 82.2 Å². The summed E-state index contributed by atoms with van der Waals surface area (Å²) in [5.74, 6) is 1.27. The highest BCUT2D eigenvalue weighted by atomic mass is 16.5. The van der Waals surface area contributed by atoms with Crippen molar-refractivity contribution in [3.63, 3.8) is 0 Å². The smallest absolute Gasteiger partial charge is 0.251 e. The molecule has 0 aliphatic carbocycles. The van der Waals surface area contributed by atoms with Crippen molar-refractivity contribution in [2.45, 2.75) is 46.8 Å². The minimum absolute atomic E-state index is 0.0278. The van der Waals surface area contributed by atoms with Crippen LogP contribution in [0.4, 0.5) is 0 Å². The molecule has 1 atom stereocenters. The number of ether oxygens (including phenoxy) is 1. The van der Waals surface area contributed by atoms with E-state index in [1.54, 1.807) is 12.1 Å². The first kappa shape index (κ1) is 19.7. The Balaban J connectivity index is 1.68. The van der Waals surface area contributed by atoms with Gasteiger partial charge in [-0.3, -0.25) is 4.79 Å². The van der Waals surface area contributed by atoms with E-state index < -0.39 is 0 Å². The normalized spacial score (nSPS) is 11.9. The Kier molecular flexibility index (Phi) is 6.14. The Bertz CT molecular complexity index is 925. The van der Waals surface area contributed by atoms with Gasteiger partial charge >= 0.3 is 0 Å². The van der Waals surface area contributed by atoms with Crippen molar-refractivity contribution in [1.29, 1.82) is 0 Å². The van der Waals surface area contributed by atoms with Gasteiger partial charge in [-0.25, -0.2) is 0 Å². The SMILES string of the molecule is CC[C@@H](NC(=O)c1cccc(OCc2c(C)noc2C)c1)c1ccc(C)cc1. The van der Waals surface area contributed by atoms with Crippen molar-refractivity contribution >= 4 is 5.91 Å². The van der Waals surface area contributed by atoms with Gasteiger partial charge < -0.3 is 14.6 Å². The second kappa shape index (κ2) is 8.74. The molecule has 28 heavy (non-hydrogen) atoms. The molecule has 1 heterocycles. The monoisotopic (exact) mass is 378 g/mol. The van der Waals surface area contributed by atoms with Crippen molar-refractivity contribution in [3.8, 4) is 5.75 Å². The number of carbonyl (C=O) groups excluding carboxylic acids is 1. The third kappa shape index (κ3) is 4.60. The van der Waals surface area contributed by atoms with Crippen LogP contribution >= 0.6 is 0 Å². The molecule has 0 saturated heterocycles.